The lowest BCUT2D eigenvalue weighted by Crippen LogP contribution is -2.42. The maximum Gasteiger partial charge on any atom is 0.422 e. The fourth-order valence-corrected chi connectivity index (χ4v) is 1.57. The maximum absolute atomic E-state index is 11.5. The average Bonchev–Trinajstić information content (AvgIpc) is 2.33. The Bertz CT molecular complexity index is 469. The second-order valence-corrected chi connectivity index (χ2v) is 5.42. The highest BCUT2D eigenvalue weighted by atomic mass is 16.6. The van der Waals surface area contributed by atoms with Crippen molar-refractivity contribution in [2.45, 2.75) is 39.3 Å². The number of hydrogen-bond donors (Lipinski definition) is 3. The Labute approximate surface area is 119 Å². The topological polar surface area (TPSA) is 79.8 Å². The Balaban J connectivity index is 2.59. The second kappa shape index (κ2) is 6.47. The molecule has 3 N–H and O–H groups in total. The molecule has 0 heterocycles. The quantitative estimate of drug-likeness (QED) is 0.739. The van der Waals surface area contributed by atoms with E-state index in [0.717, 1.165) is 0 Å². The van der Waals surface area contributed by atoms with Gasteiger partial charge in [0.2, 0.25) is 0 Å². The average molecular weight is 282 g/mol. The first-order valence-corrected chi connectivity index (χ1v) is 6.34. The summed E-state index contributed by atoms with van der Waals surface area (Å²) in [4.78, 5) is 11.5. The Hall–Kier alpha value is -1.95. The van der Waals surface area contributed by atoms with Gasteiger partial charge in [0.05, 0.1) is 13.2 Å². The number of aromatic hydroxyl groups is 1. The minimum Gasteiger partial charge on any atom is -0.507 e. The zero-order valence-electron chi connectivity index (χ0n) is 12.5. The van der Waals surface area contributed by atoms with Crippen molar-refractivity contribution in [2.24, 2.45) is 0 Å². The molecule has 1 unspecified atom stereocenters. The van der Waals surface area contributed by atoms with Gasteiger partial charge in [-0.3, -0.25) is 5.43 Å². The summed E-state index contributed by atoms with van der Waals surface area (Å²) in [6.45, 7) is 7.15. The number of rotatable bonds is 4. The zero-order chi connectivity index (χ0) is 15.3. The Morgan fingerprint density at radius 1 is 1.35 bits per heavy atom. The summed E-state index contributed by atoms with van der Waals surface area (Å²) in [5.41, 5.74) is 5.30. The van der Waals surface area contributed by atoms with Crippen molar-refractivity contribution in [3.63, 3.8) is 0 Å². The lowest BCUT2D eigenvalue weighted by Gasteiger charge is -2.22. The first-order chi connectivity index (χ1) is 9.23. The largest absolute Gasteiger partial charge is 0.507 e. The number of nitrogens with one attached hydrogen (secondary N) is 2. The SMILES string of the molecule is COc1ccc(C(C)NNC(=O)OC(C)(C)C)c(O)c1. The van der Waals surface area contributed by atoms with Gasteiger partial charge in [-0.1, -0.05) is 6.07 Å². The molecular formula is C14H22N2O4. The van der Waals surface area contributed by atoms with Gasteiger partial charge in [0, 0.05) is 11.6 Å². The molecular weight excluding hydrogens is 260 g/mol. The molecule has 6 heteroatoms. The molecule has 0 bridgehead atoms. The number of carbonyl (C=O) groups excluding carboxylic acids is 1. The van der Waals surface area contributed by atoms with Crippen LogP contribution >= 0.6 is 0 Å². The van der Waals surface area contributed by atoms with Crippen LogP contribution in [0.25, 0.3) is 0 Å². The first kappa shape index (κ1) is 16.1. The van der Waals surface area contributed by atoms with Crippen molar-refractivity contribution in [2.75, 3.05) is 7.11 Å². The van der Waals surface area contributed by atoms with Gasteiger partial charge in [0.1, 0.15) is 17.1 Å². The predicted molar refractivity (Wildman–Crippen MR) is 75.6 cm³/mol. The normalized spacial score (nSPS) is 12.7. The van der Waals surface area contributed by atoms with E-state index >= 15 is 0 Å². The molecule has 0 saturated heterocycles. The van der Waals surface area contributed by atoms with E-state index < -0.39 is 11.7 Å². The zero-order valence-corrected chi connectivity index (χ0v) is 12.5. The molecule has 0 aromatic heterocycles. The number of methoxy groups -OCH3 is 1. The van der Waals surface area contributed by atoms with Gasteiger partial charge in [-0.05, 0) is 33.8 Å². The van der Waals surface area contributed by atoms with Crippen molar-refractivity contribution in [3.8, 4) is 11.5 Å². The summed E-state index contributed by atoms with van der Waals surface area (Å²) < 4.78 is 10.1. The van der Waals surface area contributed by atoms with E-state index in [1.807, 2.05) is 0 Å². The predicted octanol–water partition coefficient (Wildman–Crippen LogP) is 2.49. The van der Waals surface area contributed by atoms with Gasteiger partial charge < -0.3 is 14.6 Å². The van der Waals surface area contributed by atoms with Crippen LogP contribution in [0.5, 0.6) is 11.5 Å². The van der Waals surface area contributed by atoms with Gasteiger partial charge in [0.15, 0.2) is 0 Å². The van der Waals surface area contributed by atoms with Crippen LogP contribution in [0.15, 0.2) is 18.2 Å². The molecule has 0 fully saturated rings. The van der Waals surface area contributed by atoms with Gasteiger partial charge in [-0.15, -0.1) is 0 Å². The number of phenolic OH excluding ortho intramolecular Hbond substituents is 1. The Morgan fingerprint density at radius 2 is 2.00 bits per heavy atom. The minimum absolute atomic E-state index is 0.0929. The molecule has 20 heavy (non-hydrogen) atoms. The van der Waals surface area contributed by atoms with Crippen molar-refractivity contribution in [3.05, 3.63) is 23.8 Å². The van der Waals surface area contributed by atoms with Gasteiger partial charge in [-0.25, -0.2) is 10.2 Å². The molecule has 1 aromatic rings. The number of amides is 1. The lowest BCUT2D eigenvalue weighted by molar-refractivity contribution is 0.0489. The lowest BCUT2D eigenvalue weighted by atomic mass is 10.1. The minimum atomic E-state index is -0.572. The summed E-state index contributed by atoms with van der Waals surface area (Å²) in [5.74, 6) is 0.661. The molecule has 0 radical (unpaired) electrons. The fraction of sp³-hybridized carbons (Fsp3) is 0.500. The van der Waals surface area contributed by atoms with E-state index in [4.69, 9.17) is 9.47 Å². The van der Waals surface area contributed by atoms with Crippen molar-refractivity contribution in [1.82, 2.24) is 10.9 Å². The maximum atomic E-state index is 11.5. The monoisotopic (exact) mass is 282 g/mol. The molecule has 0 aliphatic heterocycles. The van der Waals surface area contributed by atoms with Crippen molar-refractivity contribution in [1.29, 1.82) is 0 Å². The molecule has 0 aliphatic carbocycles. The summed E-state index contributed by atoms with van der Waals surface area (Å²) >= 11 is 0. The fourth-order valence-electron chi connectivity index (χ4n) is 1.57. The molecule has 6 nitrogen and oxygen atoms in total. The highest BCUT2D eigenvalue weighted by Crippen LogP contribution is 2.27. The van der Waals surface area contributed by atoms with Crippen LogP contribution in [0.3, 0.4) is 0 Å². The number of benzene rings is 1. The van der Waals surface area contributed by atoms with E-state index in [9.17, 15) is 9.90 Å². The Kier molecular flexibility index (Phi) is 5.21. The van der Waals surface area contributed by atoms with Crippen LogP contribution in [0.2, 0.25) is 0 Å². The van der Waals surface area contributed by atoms with Crippen LogP contribution in [0.1, 0.15) is 39.3 Å². The third-order valence-electron chi connectivity index (χ3n) is 2.49. The molecule has 0 aliphatic rings. The first-order valence-electron chi connectivity index (χ1n) is 6.34. The number of phenols is 1. The van der Waals surface area contributed by atoms with Gasteiger partial charge in [-0.2, -0.15) is 0 Å². The van der Waals surface area contributed by atoms with Crippen LogP contribution in [0.4, 0.5) is 4.79 Å². The van der Waals surface area contributed by atoms with E-state index in [2.05, 4.69) is 10.9 Å². The van der Waals surface area contributed by atoms with Crippen LogP contribution in [-0.4, -0.2) is 23.9 Å². The summed E-state index contributed by atoms with van der Waals surface area (Å²) in [7, 11) is 1.53. The third kappa shape index (κ3) is 4.97. The Morgan fingerprint density at radius 3 is 2.50 bits per heavy atom. The molecule has 1 amide bonds. The van der Waals surface area contributed by atoms with E-state index in [0.29, 0.717) is 11.3 Å². The van der Waals surface area contributed by atoms with Crippen LogP contribution in [-0.2, 0) is 4.74 Å². The van der Waals surface area contributed by atoms with Gasteiger partial charge in [0.25, 0.3) is 0 Å². The highest BCUT2D eigenvalue weighted by molar-refractivity contribution is 5.67. The summed E-state index contributed by atoms with van der Waals surface area (Å²) in [5, 5.41) is 9.88. The molecule has 1 rings (SSSR count). The number of ether oxygens (including phenoxy) is 2. The molecule has 1 atom stereocenters. The van der Waals surface area contributed by atoms with Crippen LogP contribution < -0.4 is 15.6 Å². The van der Waals surface area contributed by atoms with Crippen LogP contribution in [0, 0.1) is 0 Å². The van der Waals surface area contributed by atoms with E-state index in [1.165, 1.54) is 13.2 Å². The third-order valence-corrected chi connectivity index (χ3v) is 2.49. The van der Waals surface area contributed by atoms with Gasteiger partial charge >= 0.3 is 6.09 Å². The standard InChI is InChI=1S/C14H22N2O4/c1-9(15-16-13(18)20-14(2,3)4)11-7-6-10(19-5)8-12(11)17/h6-9,15,17H,1-5H3,(H,16,18). The molecule has 112 valence electrons. The second-order valence-electron chi connectivity index (χ2n) is 5.42. The number of carbonyl (C=O) groups is 1. The molecule has 1 aromatic carbocycles. The number of hydrogen-bond acceptors (Lipinski definition) is 5. The van der Waals surface area contributed by atoms with E-state index in [1.54, 1.807) is 39.8 Å². The molecule has 0 spiro atoms. The number of hydrazine groups is 1. The van der Waals surface area contributed by atoms with Crippen molar-refractivity contribution >= 4 is 6.09 Å². The van der Waals surface area contributed by atoms with Crippen molar-refractivity contribution < 1.29 is 19.4 Å². The summed E-state index contributed by atoms with van der Waals surface area (Å²) in [6.07, 6.45) is -0.572. The smallest absolute Gasteiger partial charge is 0.422 e. The molecule has 0 saturated carbocycles. The highest BCUT2D eigenvalue weighted by Gasteiger charge is 2.17. The van der Waals surface area contributed by atoms with E-state index in [-0.39, 0.29) is 11.8 Å². The summed E-state index contributed by atoms with van der Waals surface area (Å²) in [6, 6.07) is 4.69.